The Morgan fingerprint density at radius 1 is 1.64 bits per heavy atom. The number of alkyl halides is 1. The van der Waals surface area contributed by atoms with Crippen LogP contribution in [0.25, 0.3) is 0 Å². The van der Waals surface area contributed by atoms with Gasteiger partial charge < -0.3 is 10.5 Å². The highest BCUT2D eigenvalue weighted by Crippen LogP contribution is 2.08. The molecule has 0 aliphatic heterocycles. The predicted octanol–water partition coefficient (Wildman–Crippen LogP) is 1.92. The van der Waals surface area contributed by atoms with Crippen LogP contribution in [0.5, 0.6) is 0 Å². The summed E-state index contributed by atoms with van der Waals surface area (Å²) in [6.07, 6.45) is 0. The Kier molecular flexibility index (Phi) is 6.53. The van der Waals surface area contributed by atoms with E-state index in [-0.39, 0.29) is 5.56 Å². The summed E-state index contributed by atoms with van der Waals surface area (Å²) in [6, 6.07) is 6.27. The van der Waals surface area contributed by atoms with Gasteiger partial charge in [-0.25, -0.2) is 4.79 Å². The second kappa shape index (κ2) is 7.17. The molecule has 1 rings (SSSR count). The number of aromatic carboxylic acids is 1. The number of carboxylic acids is 1. The minimum Gasteiger partial charge on any atom is -0.478 e. The molecule has 0 radical (unpaired) electrons. The van der Waals surface area contributed by atoms with Gasteiger partial charge in [-0.3, -0.25) is 5.84 Å². The zero-order valence-corrected chi connectivity index (χ0v) is 8.58. The minimum absolute atomic E-state index is 0.223. The van der Waals surface area contributed by atoms with Gasteiger partial charge in [0.05, 0.1) is 5.56 Å². The number of hydrazine groups is 1. The van der Waals surface area contributed by atoms with Crippen LogP contribution in [0.15, 0.2) is 24.3 Å². The largest absolute Gasteiger partial charge is 0.478 e. The summed E-state index contributed by atoms with van der Waals surface area (Å²) in [7, 11) is 0. The van der Waals surface area contributed by atoms with E-state index < -0.39 is 5.97 Å². The fourth-order valence-corrected chi connectivity index (χ4v) is 0.742. The van der Waals surface area contributed by atoms with Crippen molar-refractivity contribution in [3.63, 3.8) is 0 Å². The molecule has 0 saturated heterocycles. The van der Waals surface area contributed by atoms with Gasteiger partial charge in [0.25, 0.3) is 0 Å². The highest BCUT2D eigenvalue weighted by atomic mass is 35.5. The van der Waals surface area contributed by atoms with Crippen molar-refractivity contribution in [3.8, 4) is 0 Å². The van der Waals surface area contributed by atoms with Crippen LogP contribution in [0, 0.1) is 0 Å². The zero-order chi connectivity index (χ0) is 11.0. The summed E-state index contributed by atoms with van der Waals surface area (Å²) >= 11 is 5.00. The van der Waals surface area contributed by atoms with Crippen molar-refractivity contribution >= 4 is 23.3 Å². The minimum atomic E-state index is -0.956. The van der Waals surface area contributed by atoms with Crippen LogP contribution < -0.4 is 11.3 Å². The third-order valence-corrected chi connectivity index (χ3v) is 1.28. The highest BCUT2D eigenvalue weighted by molar-refractivity contribution is 6.17. The summed E-state index contributed by atoms with van der Waals surface area (Å²) in [5.41, 5.74) is 3.17. The van der Waals surface area contributed by atoms with Crippen molar-refractivity contribution in [3.05, 3.63) is 29.8 Å². The number of nitrogens with one attached hydrogen (secondary N) is 1. The van der Waals surface area contributed by atoms with Crippen molar-refractivity contribution in [1.82, 2.24) is 0 Å². The molecule has 0 amide bonds. The standard InChI is InChI=1S/C7H8N2O2.C2H5Cl/c8-9-6-3-1-2-5(4-6)7(10)11;1-2-3/h1-4,9H,8H2,(H,10,11);2H2,1H3. The van der Waals surface area contributed by atoms with Gasteiger partial charge in [0, 0.05) is 11.6 Å². The lowest BCUT2D eigenvalue weighted by molar-refractivity contribution is 0.0697. The first kappa shape index (κ1) is 12.7. The number of anilines is 1. The van der Waals surface area contributed by atoms with Crippen molar-refractivity contribution in [2.45, 2.75) is 6.92 Å². The van der Waals surface area contributed by atoms with Gasteiger partial charge in [-0.05, 0) is 18.2 Å². The molecular formula is C9H13ClN2O2. The van der Waals surface area contributed by atoms with E-state index in [2.05, 4.69) is 5.43 Å². The molecule has 0 saturated carbocycles. The van der Waals surface area contributed by atoms with E-state index in [1.807, 2.05) is 6.92 Å². The molecule has 5 heteroatoms. The predicted molar refractivity (Wildman–Crippen MR) is 57.6 cm³/mol. The van der Waals surface area contributed by atoms with E-state index >= 15 is 0 Å². The van der Waals surface area contributed by atoms with E-state index in [1.54, 1.807) is 12.1 Å². The van der Waals surface area contributed by atoms with Gasteiger partial charge in [-0.15, -0.1) is 11.6 Å². The van der Waals surface area contributed by atoms with Crippen LogP contribution in [0.2, 0.25) is 0 Å². The van der Waals surface area contributed by atoms with Gasteiger partial charge in [-0.1, -0.05) is 13.0 Å². The summed E-state index contributed by atoms with van der Waals surface area (Å²) in [4.78, 5) is 10.4. The maximum Gasteiger partial charge on any atom is 0.335 e. The first-order valence-electron chi connectivity index (χ1n) is 4.01. The molecule has 4 nitrogen and oxygen atoms in total. The van der Waals surface area contributed by atoms with E-state index in [9.17, 15) is 4.79 Å². The van der Waals surface area contributed by atoms with E-state index in [1.165, 1.54) is 12.1 Å². The Bertz CT molecular complexity index is 292. The SMILES string of the molecule is CCCl.NNc1cccc(C(=O)O)c1. The van der Waals surface area contributed by atoms with Crippen molar-refractivity contribution in [2.75, 3.05) is 11.3 Å². The number of benzene rings is 1. The van der Waals surface area contributed by atoms with Crippen LogP contribution in [0.1, 0.15) is 17.3 Å². The van der Waals surface area contributed by atoms with Crippen LogP contribution in [-0.4, -0.2) is 17.0 Å². The quantitative estimate of drug-likeness (QED) is 0.401. The number of rotatable bonds is 2. The van der Waals surface area contributed by atoms with Gasteiger partial charge in [0.2, 0.25) is 0 Å². The molecule has 0 spiro atoms. The fourth-order valence-electron chi connectivity index (χ4n) is 0.742. The molecule has 0 unspecified atom stereocenters. The third-order valence-electron chi connectivity index (χ3n) is 1.28. The zero-order valence-electron chi connectivity index (χ0n) is 7.83. The average Bonchev–Trinajstić information content (AvgIpc) is 2.19. The molecule has 0 atom stereocenters. The maximum absolute atomic E-state index is 10.4. The lowest BCUT2D eigenvalue weighted by Gasteiger charge is -1.99. The molecule has 0 aliphatic rings. The number of hydrogen-bond acceptors (Lipinski definition) is 3. The Balaban J connectivity index is 0.000000500. The molecule has 1 aromatic carbocycles. The molecule has 14 heavy (non-hydrogen) atoms. The summed E-state index contributed by atoms with van der Waals surface area (Å²) in [5, 5.41) is 8.54. The smallest absolute Gasteiger partial charge is 0.335 e. The Hall–Kier alpha value is -1.26. The number of nitrogens with two attached hydrogens (primary N) is 1. The fraction of sp³-hybridized carbons (Fsp3) is 0.222. The van der Waals surface area contributed by atoms with E-state index in [0.717, 1.165) is 5.88 Å². The van der Waals surface area contributed by atoms with E-state index in [0.29, 0.717) is 5.69 Å². The molecule has 0 bridgehead atoms. The van der Waals surface area contributed by atoms with Crippen molar-refractivity contribution in [1.29, 1.82) is 0 Å². The topological polar surface area (TPSA) is 75.3 Å². The highest BCUT2D eigenvalue weighted by Gasteiger charge is 2.00. The Labute approximate surface area is 87.7 Å². The molecule has 0 fully saturated rings. The van der Waals surface area contributed by atoms with Crippen molar-refractivity contribution in [2.24, 2.45) is 5.84 Å². The van der Waals surface area contributed by atoms with Crippen LogP contribution in [0.3, 0.4) is 0 Å². The first-order chi connectivity index (χ1) is 6.65. The number of hydrogen-bond donors (Lipinski definition) is 3. The lowest BCUT2D eigenvalue weighted by atomic mass is 10.2. The van der Waals surface area contributed by atoms with Crippen LogP contribution in [0.4, 0.5) is 5.69 Å². The Morgan fingerprint density at radius 2 is 2.21 bits per heavy atom. The average molecular weight is 217 g/mol. The monoisotopic (exact) mass is 216 g/mol. The second-order valence-corrected chi connectivity index (χ2v) is 2.83. The van der Waals surface area contributed by atoms with Crippen LogP contribution in [-0.2, 0) is 0 Å². The number of halogens is 1. The molecule has 1 aromatic rings. The summed E-state index contributed by atoms with van der Waals surface area (Å²) in [6.45, 7) is 1.89. The second-order valence-electron chi connectivity index (χ2n) is 2.30. The van der Waals surface area contributed by atoms with Gasteiger partial charge in [0.15, 0.2) is 0 Å². The van der Waals surface area contributed by atoms with Crippen molar-refractivity contribution < 1.29 is 9.90 Å². The number of carbonyl (C=O) groups is 1. The van der Waals surface area contributed by atoms with Gasteiger partial charge in [0.1, 0.15) is 0 Å². The molecular weight excluding hydrogens is 204 g/mol. The van der Waals surface area contributed by atoms with Gasteiger partial charge >= 0.3 is 5.97 Å². The normalized spacial score (nSPS) is 8.50. The molecule has 0 aliphatic carbocycles. The summed E-state index contributed by atoms with van der Waals surface area (Å²) in [5.74, 6) is 4.84. The Morgan fingerprint density at radius 3 is 2.64 bits per heavy atom. The summed E-state index contributed by atoms with van der Waals surface area (Å²) < 4.78 is 0. The maximum atomic E-state index is 10.4. The van der Waals surface area contributed by atoms with Gasteiger partial charge in [-0.2, -0.15) is 0 Å². The molecule has 0 aromatic heterocycles. The first-order valence-corrected chi connectivity index (χ1v) is 4.55. The molecule has 78 valence electrons. The lowest BCUT2D eigenvalue weighted by Crippen LogP contribution is -2.07. The number of nitrogen functional groups attached to an aromatic ring is 1. The number of carboxylic acid groups (broad SMARTS) is 1. The van der Waals surface area contributed by atoms with E-state index in [4.69, 9.17) is 22.6 Å². The van der Waals surface area contributed by atoms with Crippen LogP contribution >= 0.6 is 11.6 Å². The third kappa shape index (κ3) is 4.69. The molecule has 0 heterocycles. The molecule has 4 N–H and O–H groups in total.